The minimum absolute atomic E-state index is 0.584. The topological polar surface area (TPSA) is 68.8 Å². The summed E-state index contributed by atoms with van der Waals surface area (Å²) in [6, 6.07) is 15.3. The molecule has 4 aromatic rings. The highest BCUT2D eigenvalue weighted by Crippen LogP contribution is 2.40. The first-order valence-corrected chi connectivity index (χ1v) is 11.9. The molecule has 184 valence electrons. The number of H-pyrrole nitrogens is 1. The van der Waals surface area contributed by atoms with Gasteiger partial charge in [-0.15, -0.1) is 0 Å². The van der Waals surface area contributed by atoms with Crippen LogP contribution in [0, 0.1) is 11.8 Å². The number of aromatic nitrogens is 2. The Morgan fingerprint density at radius 1 is 0.889 bits per heavy atom. The smallest absolute Gasteiger partial charge is 0.164 e. The predicted octanol–water partition coefficient (Wildman–Crippen LogP) is 5.15. The molecule has 0 saturated carbocycles. The molecule has 3 aromatic carbocycles. The molecule has 1 aliphatic rings. The summed E-state index contributed by atoms with van der Waals surface area (Å²) in [5, 5.41) is 0.628. The van der Waals surface area contributed by atoms with Crippen molar-refractivity contribution in [2.45, 2.75) is 0 Å². The van der Waals surface area contributed by atoms with E-state index in [4.69, 9.17) is 35.5 Å². The van der Waals surface area contributed by atoms with E-state index < -0.39 is 0 Å². The molecule has 0 amide bonds. The van der Waals surface area contributed by atoms with Crippen LogP contribution in [-0.2, 0) is 4.74 Å². The number of methoxy groups -OCH3 is 3. The van der Waals surface area contributed by atoms with Crippen LogP contribution in [0.2, 0.25) is 5.02 Å². The number of imidazole rings is 1. The zero-order valence-electron chi connectivity index (χ0n) is 20.4. The highest BCUT2D eigenvalue weighted by molar-refractivity contribution is 6.31. The molecule has 2 heterocycles. The highest BCUT2D eigenvalue weighted by atomic mass is 35.5. The Bertz CT molecular complexity index is 1470. The Balaban J connectivity index is 1.64. The fourth-order valence-corrected chi connectivity index (χ4v) is 4.43. The van der Waals surface area contributed by atoms with Crippen molar-refractivity contribution in [3.63, 3.8) is 0 Å². The Morgan fingerprint density at radius 2 is 1.58 bits per heavy atom. The lowest BCUT2D eigenvalue weighted by atomic mass is 10.1. The van der Waals surface area contributed by atoms with Crippen molar-refractivity contribution in [2.24, 2.45) is 0 Å². The molecule has 1 aromatic heterocycles. The largest absolute Gasteiger partial charge is 0.496 e. The van der Waals surface area contributed by atoms with Crippen LogP contribution < -0.4 is 19.1 Å². The SMILES string of the molecule is COc1cc(OC)c(-c2nc3cc(N4CCOCC4)c(C#Cc4ccccc4Cl)cc3[nH]2)cc1OC. The molecule has 1 fully saturated rings. The fourth-order valence-electron chi connectivity index (χ4n) is 4.25. The predicted molar refractivity (Wildman–Crippen MR) is 142 cm³/mol. The van der Waals surface area contributed by atoms with E-state index >= 15 is 0 Å². The standard InChI is InChI=1S/C28H26ClN3O4/c1-33-25-17-27(35-3)26(34-2)15-20(25)28-30-22-14-19(9-8-18-6-4-5-7-21(18)29)24(16-23(22)31-28)32-10-12-36-13-11-32/h4-7,14-17H,10-13H2,1-3H3,(H,30,31). The van der Waals surface area contributed by atoms with Gasteiger partial charge in [-0.25, -0.2) is 4.98 Å². The van der Waals surface area contributed by atoms with Crippen molar-refractivity contribution in [1.29, 1.82) is 0 Å². The van der Waals surface area contributed by atoms with Crippen molar-refractivity contribution in [1.82, 2.24) is 9.97 Å². The zero-order valence-corrected chi connectivity index (χ0v) is 21.1. The third kappa shape index (κ3) is 4.66. The first-order chi connectivity index (χ1) is 17.6. The molecule has 0 spiro atoms. The van der Waals surface area contributed by atoms with Crippen molar-refractivity contribution in [3.05, 3.63) is 64.7 Å². The first-order valence-electron chi connectivity index (χ1n) is 11.5. The number of nitrogens with one attached hydrogen (secondary N) is 1. The fraction of sp³-hybridized carbons (Fsp3) is 0.250. The average Bonchev–Trinajstić information content (AvgIpc) is 3.34. The molecule has 0 radical (unpaired) electrons. The van der Waals surface area contributed by atoms with Crippen LogP contribution in [0.3, 0.4) is 0 Å². The van der Waals surface area contributed by atoms with Gasteiger partial charge in [0.25, 0.3) is 0 Å². The molecular formula is C28H26ClN3O4. The van der Waals surface area contributed by atoms with Crippen LogP contribution in [0.4, 0.5) is 5.69 Å². The van der Waals surface area contributed by atoms with Gasteiger partial charge in [0.15, 0.2) is 11.5 Å². The third-order valence-electron chi connectivity index (χ3n) is 6.12. The molecule has 1 aliphatic heterocycles. The number of halogens is 1. The minimum Gasteiger partial charge on any atom is -0.496 e. The normalized spacial score (nSPS) is 13.3. The van der Waals surface area contributed by atoms with E-state index in [2.05, 4.69) is 27.8 Å². The highest BCUT2D eigenvalue weighted by Gasteiger charge is 2.19. The lowest BCUT2D eigenvalue weighted by molar-refractivity contribution is 0.122. The van der Waals surface area contributed by atoms with Gasteiger partial charge in [0.1, 0.15) is 11.6 Å². The van der Waals surface area contributed by atoms with Crippen LogP contribution in [-0.4, -0.2) is 57.6 Å². The van der Waals surface area contributed by atoms with Crippen LogP contribution in [0.25, 0.3) is 22.4 Å². The Kier molecular flexibility index (Phi) is 6.90. The Hall–Kier alpha value is -3.86. The van der Waals surface area contributed by atoms with Crippen molar-refractivity contribution >= 4 is 28.3 Å². The summed E-state index contributed by atoms with van der Waals surface area (Å²) in [6.07, 6.45) is 0. The average molecular weight is 504 g/mol. The van der Waals surface area contributed by atoms with Gasteiger partial charge in [0.2, 0.25) is 0 Å². The van der Waals surface area contributed by atoms with Gasteiger partial charge in [-0.1, -0.05) is 35.6 Å². The van der Waals surface area contributed by atoms with Gasteiger partial charge in [-0.05, 0) is 30.3 Å². The molecule has 0 unspecified atom stereocenters. The van der Waals surface area contributed by atoms with Gasteiger partial charge < -0.3 is 28.8 Å². The van der Waals surface area contributed by atoms with Crippen molar-refractivity contribution in [3.8, 4) is 40.5 Å². The summed E-state index contributed by atoms with van der Waals surface area (Å²) in [6.45, 7) is 2.91. The molecule has 0 atom stereocenters. The molecule has 1 N–H and O–H groups in total. The second-order valence-corrected chi connectivity index (χ2v) is 8.62. The Morgan fingerprint density at radius 3 is 2.31 bits per heavy atom. The number of fused-ring (bicyclic) bond motifs is 1. The molecule has 7 nitrogen and oxygen atoms in total. The summed E-state index contributed by atoms with van der Waals surface area (Å²) in [5.74, 6) is 9.03. The molecule has 0 aliphatic carbocycles. The third-order valence-corrected chi connectivity index (χ3v) is 6.45. The van der Waals surface area contributed by atoms with Gasteiger partial charge >= 0.3 is 0 Å². The molecule has 1 saturated heterocycles. The van der Waals surface area contributed by atoms with Gasteiger partial charge in [0.05, 0.1) is 67.4 Å². The van der Waals surface area contributed by atoms with E-state index in [1.54, 1.807) is 27.4 Å². The number of ether oxygens (including phenoxy) is 4. The van der Waals surface area contributed by atoms with E-state index in [0.29, 0.717) is 41.3 Å². The molecule has 5 rings (SSSR count). The second-order valence-electron chi connectivity index (χ2n) is 8.21. The number of morpholine rings is 1. The number of hydrogen-bond acceptors (Lipinski definition) is 6. The zero-order chi connectivity index (χ0) is 25.1. The summed E-state index contributed by atoms with van der Waals surface area (Å²) in [4.78, 5) is 10.6. The van der Waals surface area contributed by atoms with E-state index in [9.17, 15) is 0 Å². The van der Waals surface area contributed by atoms with Crippen LogP contribution >= 0.6 is 11.6 Å². The summed E-state index contributed by atoms with van der Waals surface area (Å²) in [5.41, 5.74) is 5.14. The van der Waals surface area contributed by atoms with E-state index in [1.807, 2.05) is 36.4 Å². The van der Waals surface area contributed by atoms with Gasteiger partial charge in [-0.3, -0.25) is 0 Å². The number of benzene rings is 3. The van der Waals surface area contributed by atoms with Gasteiger partial charge in [0, 0.05) is 24.7 Å². The maximum atomic E-state index is 6.34. The van der Waals surface area contributed by atoms with E-state index in [0.717, 1.165) is 46.5 Å². The van der Waals surface area contributed by atoms with E-state index in [-0.39, 0.29) is 0 Å². The van der Waals surface area contributed by atoms with Crippen molar-refractivity contribution < 1.29 is 18.9 Å². The minimum atomic E-state index is 0.584. The maximum Gasteiger partial charge on any atom is 0.164 e. The summed E-state index contributed by atoms with van der Waals surface area (Å²) >= 11 is 6.34. The monoisotopic (exact) mass is 503 g/mol. The van der Waals surface area contributed by atoms with E-state index in [1.165, 1.54) is 0 Å². The number of hydrogen-bond donors (Lipinski definition) is 1. The summed E-state index contributed by atoms with van der Waals surface area (Å²) < 4.78 is 22.1. The quantitative estimate of drug-likeness (QED) is 0.380. The maximum absolute atomic E-state index is 6.34. The van der Waals surface area contributed by atoms with Gasteiger partial charge in [-0.2, -0.15) is 0 Å². The molecule has 8 heteroatoms. The second kappa shape index (κ2) is 10.4. The lowest BCUT2D eigenvalue weighted by Gasteiger charge is -2.29. The lowest BCUT2D eigenvalue weighted by Crippen LogP contribution is -2.36. The first kappa shape index (κ1) is 23.9. The number of aromatic amines is 1. The molecular weight excluding hydrogens is 478 g/mol. The van der Waals surface area contributed by atoms with Crippen LogP contribution in [0.5, 0.6) is 17.2 Å². The summed E-state index contributed by atoms with van der Waals surface area (Å²) in [7, 11) is 4.81. The van der Waals surface area contributed by atoms with Crippen LogP contribution in [0.1, 0.15) is 11.1 Å². The van der Waals surface area contributed by atoms with Crippen molar-refractivity contribution in [2.75, 3.05) is 52.5 Å². The number of anilines is 1. The Labute approximate surface area is 214 Å². The molecule has 36 heavy (non-hydrogen) atoms. The number of nitrogens with zero attached hydrogens (tertiary/aromatic N) is 2. The van der Waals surface area contributed by atoms with Crippen LogP contribution in [0.15, 0.2) is 48.5 Å². The molecule has 0 bridgehead atoms. The number of rotatable bonds is 5.